The van der Waals surface area contributed by atoms with E-state index in [1.165, 1.54) is 38.5 Å². The van der Waals surface area contributed by atoms with Crippen LogP contribution >= 0.6 is 0 Å². The van der Waals surface area contributed by atoms with Gasteiger partial charge in [-0.3, -0.25) is 0 Å². The van der Waals surface area contributed by atoms with Crippen molar-refractivity contribution >= 4 is 5.69 Å². The van der Waals surface area contributed by atoms with Crippen molar-refractivity contribution < 1.29 is 4.39 Å². The number of nitrogens with one attached hydrogen (secondary N) is 1. The molecule has 2 aliphatic rings. The smallest absolute Gasteiger partial charge is 0.129 e. The van der Waals surface area contributed by atoms with E-state index in [4.69, 9.17) is 0 Å². The van der Waals surface area contributed by atoms with Crippen LogP contribution < -0.4 is 10.2 Å². The van der Waals surface area contributed by atoms with E-state index in [0.29, 0.717) is 18.6 Å². The van der Waals surface area contributed by atoms with Crippen molar-refractivity contribution in [2.75, 3.05) is 11.9 Å². The van der Waals surface area contributed by atoms with Gasteiger partial charge in [0.15, 0.2) is 0 Å². The fourth-order valence-electron chi connectivity index (χ4n) is 3.41. The minimum atomic E-state index is -0.0725. The first-order valence-corrected chi connectivity index (χ1v) is 8.38. The SMILES string of the molecule is CC1CCC(N(C)c2cccc(F)c2CNC2CC2)CC1. The molecule has 3 rings (SSSR count). The highest BCUT2D eigenvalue weighted by Crippen LogP contribution is 2.32. The second-order valence-electron chi connectivity index (χ2n) is 6.92. The molecule has 0 amide bonds. The first-order chi connectivity index (χ1) is 10.1. The molecule has 0 unspecified atom stereocenters. The van der Waals surface area contributed by atoms with Crippen molar-refractivity contribution in [3.63, 3.8) is 0 Å². The van der Waals surface area contributed by atoms with E-state index in [0.717, 1.165) is 17.2 Å². The van der Waals surface area contributed by atoms with E-state index in [-0.39, 0.29) is 5.82 Å². The normalized spacial score (nSPS) is 25.9. The molecule has 0 spiro atoms. The first kappa shape index (κ1) is 14.8. The number of halogens is 1. The van der Waals surface area contributed by atoms with Crippen LogP contribution in [0.4, 0.5) is 10.1 Å². The Balaban J connectivity index is 1.74. The molecule has 0 atom stereocenters. The Morgan fingerprint density at radius 3 is 2.52 bits per heavy atom. The van der Waals surface area contributed by atoms with E-state index >= 15 is 0 Å². The molecule has 2 saturated carbocycles. The molecule has 1 aromatic rings. The summed E-state index contributed by atoms with van der Waals surface area (Å²) in [5, 5.41) is 3.45. The fourth-order valence-corrected chi connectivity index (χ4v) is 3.41. The summed E-state index contributed by atoms with van der Waals surface area (Å²) in [6.07, 6.45) is 7.51. The van der Waals surface area contributed by atoms with Gasteiger partial charge in [0.2, 0.25) is 0 Å². The molecular weight excluding hydrogens is 263 g/mol. The molecule has 3 heteroatoms. The molecule has 1 aromatic carbocycles. The Bertz CT molecular complexity index is 476. The largest absolute Gasteiger partial charge is 0.371 e. The monoisotopic (exact) mass is 290 g/mol. The van der Waals surface area contributed by atoms with Gasteiger partial charge in [0.25, 0.3) is 0 Å². The number of nitrogens with zero attached hydrogens (tertiary/aromatic N) is 1. The van der Waals surface area contributed by atoms with Crippen LogP contribution in [0.2, 0.25) is 0 Å². The minimum Gasteiger partial charge on any atom is -0.371 e. The van der Waals surface area contributed by atoms with E-state index in [1.54, 1.807) is 6.07 Å². The lowest BCUT2D eigenvalue weighted by Gasteiger charge is -2.36. The molecule has 2 fully saturated rings. The Kier molecular flexibility index (Phi) is 4.48. The average molecular weight is 290 g/mol. The third-order valence-corrected chi connectivity index (χ3v) is 5.15. The Hall–Kier alpha value is -1.09. The topological polar surface area (TPSA) is 15.3 Å². The standard InChI is InChI=1S/C18H27FN2/c1-13-6-10-15(11-7-13)21(2)18-5-3-4-17(19)16(18)12-20-14-8-9-14/h3-5,13-15,20H,6-12H2,1-2H3. The third-order valence-electron chi connectivity index (χ3n) is 5.15. The summed E-state index contributed by atoms with van der Waals surface area (Å²) in [4.78, 5) is 2.32. The number of anilines is 1. The molecule has 2 nitrogen and oxygen atoms in total. The van der Waals surface area contributed by atoms with Gasteiger partial charge in [0.1, 0.15) is 5.82 Å². The van der Waals surface area contributed by atoms with E-state index < -0.39 is 0 Å². The number of rotatable bonds is 5. The Morgan fingerprint density at radius 2 is 1.86 bits per heavy atom. The molecule has 0 aliphatic heterocycles. The lowest BCUT2D eigenvalue weighted by Crippen LogP contribution is -2.36. The molecule has 21 heavy (non-hydrogen) atoms. The van der Waals surface area contributed by atoms with Crippen LogP contribution in [0.15, 0.2) is 18.2 Å². The van der Waals surface area contributed by atoms with Gasteiger partial charge in [-0.2, -0.15) is 0 Å². The van der Waals surface area contributed by atoms with Gasteiger partial charge in [0, 0.05) is 36.9 Å². The zero-order chi connectivity index (χ0) is 14.8. The summed E-state index contributed by atoms with van der Waals surface area (Å²) in [6, 6.07) is 6.67. The van der Waals surface area contributed by atoms with Crippen molar-refractivity contribution in [1.29, 1.82) is 0 Å². The number of benzene rings is 1. The zero-order valence-electron chi connectivity index (χ0n) is 13.2. The summed E-state index contributed by atoms with van der Waals surface area (Å²) in [6.45, 7) is 2.99. The average Bonchev–Trinajstić information content (AvgIpc) is 3.30. The van der Waals surface area contributed by atoms with Crippen molar-refractivity contribution in [2.45, 2.75) is 64.1 Å². The van der Waals surface area contributed by atoms with Crippen LogP contribution in [0.3, 0.4) is 0 Å². The van der Waals surface area contributed by atoms with E-state index in [9.17, 15) is 4.39 Å². The van der Waals surface area contributed by atoms with Crippen LogP contribution in [-0.2, 0) is 6.54 Å². The van der Waals surface area contributed by atoms with Crippen LogP contribution in [-0.4, -0.2) is 19.1 Å². The van der Waals surface area contributed by atoms with E-state index in [1.807, 2.05) is 6.07 Å². The van der Waals surface area contributed by atoms with E-state index in [2.05, 4.69) is 30.3 Å². The lowest BCUT2D eigenvalue weighted by atomic mass is 9.86. The maximum Gasteiger partial charge on any atom is 0.129 e. The van der Waals surface area contributed by atoms with Gasteiger partial charge in [0.05, 0.1) is 0 Å². The summed E-state index contributed by atoms with van der Waals surface area (Å²) < 4.78 is 14.2. The molecule has 0 bridgehead atoms. The maximum absolute atomic E-state index is 14.2. The second-order valence-corrected chi connectivity index (χ2v) is 6.92. The Morgan fingerprint density at radius 1 is 1.14 bits per heavy atom. The third kappa shape index (κ3) is 3.57. The van der Waals surface area contributed by atoms with Gasteiger partial charge in [-0.15, -0.1) is 0 Å². The van der Waals surface area contributed by atoms with Crippen molar-refractivity contribution in [2.24, 2.45) is 5.92 Å². The first-order valence-electron chi connectivity index (χ1n) is 8.38. The predicted molar refractivity (Wildman–Crippen MR) is 86.1 cm³/mol. The Labute approximate surface area is 127 Å². The minimum absolute atomic E-state index is 0.0725. The molecule has 1 N–H and O–H groups in total. The lowest BCUT2D eigenvalue weighted by molar-refractivity contribution is 0.340. The molecular formula is C18H27FN2. The van der Waals surface area contributed by atoms with Crippen LogP contribution in [0.5, 0.6) is 0 Å². The highest BCUT2D eigenvalue weighted by molar-refractivity contribution is 5.54. The highest BCUT2D eigenvalue weighted by atomic mass is 19.1. The molecule has 0 heterocycles. The maximum atomic E-state index is 14.2. The molecule has 0 saturated heterocycles. The van der Waals surface area contributed by atoms with Gasteiger partial charge in [-0.05, 0) is 56.6 Å². The molecule has 116 valence electrons. The highest BCUT2D eigenvalue weighted by Gasteiger charge is 2.25. The van der Waals surface area contributed by atoms with Gasteiger partial charge in [-0.25, -0.2) is 4.39 Å². The van der Waals surface area contributed by atoms with Gasteiger partial charge >= 0.3 is 0 Å². The van der Waals surface area contributed by atoms with Crippen LogP contribution in [0, 0.1) is 11.7 Å². The van der Waals surface area contributed by atoms with Gasteiger partial charge in [-0.1, -0.05) is 13.0 Å². The quantitative estimate of drug-likeness (QED) is 0.878. The van der Waals surface area contributed by atoms with Crippen molar-refractivity contribution in [3.05, 3.63) is 29.6 Å². The summed E-state index contributed by atoms with van der Waals surface area (Å²) in [5.74, 6) is 0.773. The second kappa shape index (κ2) is 6.35. The molecule has 2 aliphatic carbocycles. The van der Waals surface area contributed by atoms with Crippen molar-refractivity contribution in [3.8, 4) is 0 Å². The van der Waals surface area contributed by atoms with Crippen LogP contribution in [0.25, 0.3) is 0 Å². The van der Waals surface area contributed by atoms with Crippen molar-refractivity contribution in [1.82, 2.24) is 5.32 Å². The summed E-state index contributed by atoms with van der Waals surface area (Å²) in [5.41, 5.74) is 1.91. The summed E-state index contributed by atoms with van der Waals surface area (Å²) >= 11 is 0. The summed E-state index contributed by atoms with van der Waals surface area (Å²) in [7, 11) is 2.13. The molecule has 0 radical (unpaired) electrons. The number of hydrogen-bond acceptors (Lipinski definition) is 2. The zero-order valence-corrected chi connectivity index (χ0v) is 13.2. The fraction of sp³-hybridized carbons (Fsp3) is 0.667. The van der Waals surface area contributed by atoms with Crippen LogP contribution in [0.1, 0.15) is 51.0 Å². The number of hydrogen-bond donors (Lipinski definition) is 1. The molecule has 0 aromatic heterocycles. The predicted octanol–water partition coefficient (Wildman–Crippen LogP) is 4.09. The van der Waals surface area contributed by atoms with Gasteiger partial charge < -0.3 is 10.2 Å².